The zero-order valence-electron chi connectivity index (χ0n) is 12.5. The molecular weight excluding hydrogens is 246 g/mol. The minimum atomic E-state index is 0.269. The highest BCUT2D eigenvalue weighted by Gasteiger charge is 2.30. The highest BCUT2D eigenvalue weighted by Crippen LogP contribution is 2.34. The van der Waals surface area contributed by atoms with Gasteiger partial charge in [-0.3, -0.25) is 0 Å². The molecule has 0 amide bonds. The molecule has 0 aromatic heterocycles. The van der Waals surface area contributed by atoms with Crippen molar-refractivity contribution in [2.45, 2.75) is 44.9 Å². The molecule has 2 aromatic rings. The number of benzene rings is 2. The summed E-state index contributed by atoms with van der Waals surface area (Å²) in [6.07, 6.45) is 2.95. The van der Waals surface area contributed by atoms with E-state index in [1.807, 2.05) is 7.05 Å². The molecule has 0 bridgehead atoms. The van der Waals surface area contributed by atoms with Crippen molar-refractivity contribution in [2.24, 2.45) is 0 Å². The zero-order valence-corrected chi connectivity index (χ0v) is 12.5. The smallest absolute Gasteiger partial charge is 0.0774 e. The molecular formula is C18H23NO. The molecule has 20 heavy (non-hydrogen) atoms. The lowest BCUT2D eigenvalue weighted by Crippen LogP contribution is -2.29. The molecule has 1 saturated heterocycles. The van der Waals surface area contributed by atoms with Gasteiger partial charge in [-0.2, -0.15) is 0 Å². The summed E-state index contributed by atoms with van der Waals surface area (Å²) in [5.41, 5.74) is 2.69. The van der Waals surface area contributed by atoms with E-state index in [1.54, 1.807) is 0 Å². The number of fused-ring (bicyclic) bond motifs is 1. The van der Waals surface area contributed by atoms with E-state index in [9.17, 15) is 0 Å². The maximum atomic E-state index is 6.09. The molecule has 3 rings (SSSR count). The summed E-state index contributed by atoms with van der Waals surface area (Å²) in [7, 11) is 2.03. The number of hydrogen-bond acceptors (Lipinski definition) is 2. The van der Waals surface area contributed by atoms with Crippen LogP contribution in [0.2, 0.25) is 0 Å². The Kier molecular flexibility index (Phi) is 3.77. The Bertz CT molecular complexity index is 607. The molecule has 0 radical (unpaired) electrons. The van der Waals surface area contributed by atoms with Crippen LogP contribution in [0.4, 0.5) is 0 Å². The van der Waals surface area contributed by atoms with Gasteiger partial charge in [-0.15, -0.1) is 0 Å². The lowest BCUT2D eigenvalue weighted by Gasteiger charge is -2.25. The number of hydrogen-bond donors (Lipinski definition) is 1. The van der Waals surface area contributed by atoms with Gasteiger partial charge in [0.25, 0.3) is 0 Å². The number of rotatable bonds is 3. The van der Waals surface area contributed by atoms with Crippen molar-refractivity contribution < 1.29 is 4.74 Å². The second-order valence-corrected chi connectivity index (χ2v) is 5.85. The molecule has 2 aromatic carbocycles. The first-order valence-corrected chi connectivity index (χ1v) is 7.51. The first-order valence-electron chi connectivity index (χ1n) is 7.51. The lowest BCUT2D eigenvalue weighted by molar-refractivity contribution is 0.0336. The summed E-state index contributed by atoms with van der Waals surface area (Å²) in [5, 5.41) is 6.15. The van der Waals surface area contributed by atoms with E-state index in [0.29, 0.717) is 6.10 Å². The van der Waals surface area contributed by atoms with Crippen LogP contribution in [0.1, 0.15) is 36.9 Å². The first-order chi connectivity index (χ1) is 9.70. The van der Waals surface area contributed by atoms with Crippen LogP contribution in [0.15, 0.2) is 36.4 Å². The van der Waals surface area contributed by atoms with Crippen molar-refractivity contribution in [3.05, 3.63) is 47.5 Å². The quantitative estimate of drug-likeness (QED) is 0.910. The Hall–Kier alpha value is -1.38. The van der Waals surface area contributed by atoms with E-state index >= 15 is 0 Å². The molecule has 1 N–H and O–H groups in total. The van der Waals surface area contributed by atoms with Gasteiger partial charge in [-0.1, -0.05) is 36.4 Å². The van der Waals surface area contributed by atoms with Crippen molar-refractivity contribution in [3.63, 3.8) is 0 Å². The number of ether oxygens (including phenoxy) is 1. The molecule has 0 spiro atoms. The minimum Gasteiger partial charge on any atom is -0.373 e. The highest BCUT2D eigenvalue weighted by atomic mass is 16.5. The van der Waals surface area contributed by atoms with Crippen molar-refractivity contribution in [3.8, 4) is 0 Å². The van der Waals surface area contributed by atoms with Gasteiger partial charge in [0.15, 0.2) is 0 Å². The molecule has 2 nitrogen and oxygen atoms in total. The van der Waals surface area contributed by atoms with E-state index in [0.717, 1.165) is 12.8 Å². The fourth-order valence-corrected chi connectivity index (χ4v) is 3.36. The molecule has 1 fully saturated rings. The zero-order chi connectivity index (χ0) is 14.1. The number of aryl methyl sites for hydroxylation is 1. The van der Waals surface area contributed by atoms with Crippen molar-refractivity contribution in [1.82, 2.24) is 5.32 Å². The first kappa shape index (κ1) is 13.6. The van der Waals surface area contributed by atoms with Crippen LogP contribution in [-0.4, -0.2) is 19.3 Å². The monoisotopic (exact) mass is 269 g/mol. The van der Waals surface area contributed by atoms with E-state index in [1.165, 1.54) is 21.9 Å². The molecule has 1 aliphatic heterocycles. The highest BCUT2D eigenvalue weighted by molar-refractivity contribution is 5.89. The summed E-state index contributed by atoms with van der Waals surface area (Å²) >= 11 is 0. The molecule has 106 valence electrons. The summed E-state index contributed by atoms with van der Waals surface area (Å²) in [5.74, 6) is 0. The lowest BCUT2D eigenvalue weighted by atomic mass is 9.92. The van der Waals surface area contributed by atoms with Crippen LogP contribution in [0.25, 0.3) is 10.8 Å². The summed E-state index contributed by atoms with van der Waals surface area (Å²) in [4.78, 5) is 0. The SMILES string of the molecule is CNC(c1ccc(C)c2ccccc12)C1CCC(C)O1. The molecule has 1 heterocycles. The van der Waals surface area contributed by atoms with Gasteiger partial charge < -0.3 is 10.1 Å². The Morgan fingerprint density at radius 1 is 1.10 bits per heavy atom. The molecule has 0 saturated carbocycles. The van der Waals surface area contributed by atoms with Gasteiger partial charge in [-0.05, 0) is 55.6 Å². The van der Waals surface area contributed by atoms with E-state index < -0.39 is 0 Å². The molecule has 1 aliphatic rings. The van der Waals surface area contributed by atoms with Crippen LogP contribution in [0, 0.1) is 6.92 Å². The predicted octanol–water partition coefficient (Wildman–Crippen LogP) is 3.98. The van der Waals surface area contributed by atoms with Crippen LogP contribution in [0.3, 0.4) is 0 Å². The van der Waals surface area contributed by atoms with Crippen molar-refractivity contribution >= 4 is 10.8 Å². The largest absolute Gasteiger partial charge is 0.373 e. The van der Waals surface area contributed by atoms with Crippen LogP contribution in [-0.2, 0) is 4.74 Å². The standard InChI is InChI=1S/C18H23NO/c1-12-8-10-16(15-7-5-4-6-14(12)15)18(19-3)17-11-9-13(2)20-17/h4-8,10,13,17-19H,9,11H2,1-3H3. The fraction of sp³-hybridized carbons (Fsp3) is 0.444. The third-order valence-corrected chi connectivity index (χ3v) is 4.46. The van der Waals surface area contributed by atoms with Crippen molar-refractivity contribution in [2.75, 3.05) is 7.05 Å². The summed E-state index contributed by atoms with van der Waals surface area (Å²) in [6.45, 7) is 4.34. The van der Waals surface area contributed by atoms with E-state index in [2.05, 4.69) is 55.6 Å². The summed E-state index contributed by atoms with van der Waals surface area (Å²) in [6, 6.07) is 13.4. The molecule has 0 aliphatic carbocycles. The van der Waals surface area contributed by atoms with Gasteiger partial charge in [0, 0.05) is 0 Å². The molecule has 3 atom stereocenters. The fourth-order valence-electron chi connectivity index (χ4n) is 3.36. The second-order valence-electron chi connectivity index (χ2n) is 5.85. The van der Waals surface area contributed by atoms with Crippen LogP contribution in [0.5, 0.6) is 0 Å². The minimum absolute atomic E-state index is 0.269. The van der Waals surface area contributed by atoms with Gasteiger partial charge >= 0.3 is 0 Å². The van der Waals surface area contributed by atoms with Crippen molar-refractivity contribution in [1.29, 1.82) is 0 Å². The number of likely N-dealkylation sites (N-methyl/N-ethyl adjacent to an activating group) is 1. The van der Waals surface area contributed by atoms with E-state index in [4.69, 9.17) is 4.74 Å². The Balaban J connectivity index is 2.06. The summed E-state index contributed by atoms with van der Waals surface area (Å²) < 4.78 is 6.09. The average Bonchev–Trinajstić information content (AvgIpc) is 2.89. The molecule has 3 unspecified atom stereocenters. The Morgan fingerprint density at radius 2 is 1.85 bits per heavy atom. The predicted molar refractivity (Wildman–Crippen MR) is 84.1 cm³/mol. The molecule has 2 heteroatoms. The normalized spacial score (nSPS) is 24.1. The van der Waals surface area contributed by atoms with E-state index in [-0.39, 0.29) is 12.1 Å². The van der Waals surface area contributed by atoms with Gasteiger partial charge in [-0.25, -0.2) is 0 Å². The Labute approximate surface area is 121 Å². The average molecular weight is 269 g/mol. The van der Waals surface area contributed by atoms with Gasteiger partial charge in [0.1, 0.15) is 0 Å². The van der Waals surface area contributed by atoms with Gasteiger partial charge in [0.05, 0.1) is 18.2 Å². The topological polar surface area (TPSA) is 21.3 Å². The van der Waals surface area contributed by atoms with Gasteiger partial charge in [0.2, 0.25) is 0 Å². The maximum absolute atomic E-state index is 6.09. The van der Waals surface area contributed by atoms with Crippen LogP contribution >= 0.6 is 0 Å². The third kappa shape index (κ3) is 2.34. The van der Waals surface area contributed by atoms with Crippen LogP contribution < -0.4 is 5.32 Å². The third-order valence-electron chi connectivity index (χ3n) is 4.46. The second kappa shape index (κ2) is 5.55. The maximum Gasteiger partial charge on any atom is 0.0774 e. The Morgan fingerprint density at radius 3 is 2.50 bits per heavy atom. The number of nitrogens with one attached hydrogen (secondary N) is 1.